The van der Waals surface area contributed by atoms with Gasteiger partial charge in [-0.15, -0.1) is 0 Å². The topological polar surface area (TPSA) is 152 Å². The summed E-state index contributed by atoms with van der Waals surface area (Å²) in [4.78, 5) is 80.4. The van der Waals surface area contributed by atoms with Crippen LogP contribution in [0.5, 0.6) is 5.75 Å². The Morgan fingerprint density at radius 1 is 1.05 bits per heavy atom. The van der Waals surface area contributed by atoms with E-state index in [4.69, 9.17) is 4.74 Å². The third-order valence-electron chi connectivity index (χ3n) is 9.54. The summed E-state index contributed by atoms with van der Waals surface area (Å²) in [5.41, 5.74) is -4.32. The molecule has 0 spiro atoms. The van der Waals surface area contributed by atoms with Crippen LogP contribution in [0, 0.1) is 40.4 Å². The van der Waals surface area contributed by atoms with Gasteiger partial charge in [0.2, 0.25) is 0 Å². The fourth-order valence-corrected chi connectivity index (χ4v) is 8.00. The minimum atomic E-state index is -2.73. The van der Waals surface area contributed by atoms with E-state index in [9.17, 15) is 39.0 Å². The van der Waals surface area contributed by atoms with Crippen molar-refractivity contribution in [2.75, 3.05) is 6.61 Å². The molecular weight excluding hydrogens is 528 g/mol. The number of ketones is 5. The second-order valence-corrected chi connectivity index (χ2v) is 13.5. The van der Waals surface area contributed by atoms with E-state index in [-0.39, 0.29) is 49.5 Å². The normalized spacial score (nSPS) is 33.0. The molecule has 2 N–H and O–H groups in total. The highest BCUT2D eigenvalue weighted by molar-refractivity contribution is 6.32. The van der Waals surface area contributed by atoms with Crippen LogP contribution in [0.15, 0.2) is 12.1 Å². The molecule has 41 heavy (non-hydrogen) atoms. The number of rotatable bonds is 7. The smallest absolute Gasteiger partial charge is 0.306 e. The largest absolute Gasteiger partial charge is 0.507 e. The number of fused-ring (bicyclic) bond motifs is 3. The summed E-state index contributed by atoms with van der Waals surface area (Å²) >= 11 is 0. The zero-order valence-corrected chi connectivity index (χ0v) is 24.8. The van der Waals surface area contributed by atoms with Gasteiger partial charge in [0.1, 0.15) is 17.5 Å². The number of benzene rings is 1. The van der Waals surface area contributed by atoms with Gasteiger partial charge in [-0.1, -0.05) is 47.6 Å². The Labute approximate surface area is 240 Å². The molecule has 0 radical (unpaired) electrons. The molecule has 2 fully saturated rings. The van der Waals surface area contributed by atoms with Gasteiger partial charge < -0.3 is 14.9 Å². The number of esters is 1. The third-order valence-corrected chi connectivity index (χ3v) is 9.54. The van der Waals surface area contributed by atoms with Crippen LogP contribution in [-0.4, -0.2) is 57.3 Å². The molecule has 0 heterocycles. The van der Waals surface area contributed by atoms with Gasteiger partial charge in [-0.3, -0.25) is 28.8 Å². The first-order chi connectivity index (χ1) is 18.9. The Hall–Kier alpha value is -3.20. The summed E-state index contributed by atoms with van der Waals surface area (Å²) in [6.07, 6.45) is 0.424. The molecule has 3 unspecified atom stereocenters. The van der Waals surface area contributed by atoms with E-state index in [0.29, 0.717) is 11.1 Å². The maximum atomic E-state index is 14.3. The number of hydrogen-bond acceptors (Lipinski definition) is 9. The first kappa shape index (κ1) is 30.8. The number of aliphatic hydroxyl groups is 1. The zero-order chi connectivity index (χ0) is 30.8. The monoisotopic (exact) mass is 568 g/mol. The molecule has 0 amide bonds. The Balaban J connectivity index is 1.82. The maximum Gasteiger partial charge on any atom is 0.306 e. The molecule has 0 bridgehead atoms. The Morgan fingerprint density at radius 3 is 2.24 bits per heavy atom. The molecule has 222 valence electrons. The average molecular weight is 569 g/mol. The molecule has 1 aromatic rings. The minimum Gasteiger partial charge on any atom is -0.507 e. The van der Waals surface area contributed by atoms with Gasteiger partial charge in [-0.2, -0.15) is 0 Å². The Morgan fingerprint density at radius 2 is 1.68 bits per heavy atom. The summed E-state index contributed by atoms with van der Waals surface area (Å²) in [6, 6.07) is 2.98. The molecule has 6 atom stereocenters. The predicted octanol–water partition coefficient (Wildman–Crippen LogP) is 3.22. The standard InChI is InChI=1S/C32H40O9/c1-15(2)13-41-21(35)11-9-18-8-10-20(34)23-19(18)12-30(6)14-31(7)24(16(3)4)26(36)22(17(5)33)28(38)32(31,40)29(39)25(30)27(23)37/h8,10,15-16,22,24-25,34,40H,9,11-14H2,1-7H3/t22?,24?,25?,30-,31-,32+/m1/s1. The number of phenols is 1. The molecular formula is C32H40O9. The maximum absolute atomic E-state index is 14.3. The molecule has 1 aromatic carbocycles. The molecule has 9 nitrogen and oxygen atoms in total. The van der Waals surface area contributed by atoms with Crippen molar-refractivity contribution in [3.63, 3.8) is 0 Å². The van der Waals surface area contributed by atoms with Crippen LogP contribution in [-0.2, 0) is 41.6 Å². The molecule has 0 aromatic heterocycles. The van der Waals surface area contributed by atoms with Crippen LogP contribution >= 0.6 is 0 Å². The van der Waals surface area contributed by atoms with Crippen molar-refractivity contribution in [1.82, 2.24) is 0 Å². The fourth-order valence-electron chi connectivity index (χ4n) is 8.00. The van der Waals surface area contributed by atoms with Gasteiger partial charge >= 0.3 is 5.97 Å². The van der Waals surface area contributed by atoms with E-state index in [0.717, 1.165) is 6.92 Å². The predicted molar refractivity (Wildman–Crippen MR) is 147 cm³/mol. The lowest BCUT2D eigenvalue weighted by Crippen LogP contribution is -2.76. The van der Waals surface area contributed by atoms with E-state index >= 15 is 0 Å². The summed E-state index contributed by atoms with van der Waals surface area (Å²) in [7, 11) is 0. The molecule has 9 heteroatoms. The second-order valence-electron chi connectivity index (χ2n) is 13.5. The van der Waals surface area contributed by atoms with E-state index in [1.54, 1.807) is 26.8 Å². The van der Waals surface area contributed by atoms with Crippen molar-refractivity contribution >= 4 is 34.9 Å². The van der Waals surface area contributed by atoms with Crippen molar-refractivity contribution in [2.24, 2.45) is 40.4 Å². The quantitative estimate of drug-likeness (QED) is 0.373. The number of aromatic hydroxyl groups is 1. The van der Waals surface area contributed by atoms with Gasteiger partial charge in [0.05, 0.1) is 18.1 Å². The Bertz CT molecular complexity index is 1360. The number of ether oxygens (including phenoxy) is 1. The number of aryl methyl sites for hydroxylation is 1. The van der Waals surface area contributed by atoms with Crippen LogP contribution in [0.2, 0.25) is 0 Å². The summed E-state index contributed by atoms with van der Waals surface area (Å²) < 4.78 is 5.28. The SMILES string of the molecule is CC(=O)C1C(=O)C(C(C)C)[C@@]2(C)C[C@@]3(C)Cc4c(CCC(=O)OCC(C)C)ccc(O)c4C(=O)C3C(=O)[C@@]2(O)C1=O. The molecule has 2 saturated carbocycles. The first-order valence-electron chi connectivity index (χ1n) is 14.3. The zero-order valence-electron chi connectivity index (χ0n) is 24.8. The second kappa shape index (κ2) is 10.3. The number of carbonyl (C=O) groups excluding carboxylic acids is 6. The van der Waals surface area contributed by atoms with Crippen molar-refractivity contribution in [2.45, 2.75) is 79.8 Å². The third kappa shape index (κ3) is 4.47. The number of carbonyl (C=O) groups is 6. The van der Waals surface area contributed by atoms with Crippen molar-refractivity contribution < 1.29 is 43.7 Å². The van der Waals surface area contributed by atoms with Crippen LogP contribution in [0.3, 0.4) is 0 Å². The molecule has 0 aliphatic heterocycles. The summed E-state index contributed by atoms with van der Waals surface area (Å²) in [5.74, 6) is -9.48. The van der Waals surface area contributed by atoms with Crippen LogP contribution < -0.4 is 0 Å². The van der Waals surface area contributed by atoms with Crippen molar-refractivity contribution in [3.8, 4) is 5.75 Å². The van der Waals surface area contributed by atoms with E-state index in [2.05, 4.69) is 0 Å². The first-order valence-corrected chi connectivity index (χ1v) is 14.3. The lowest BCUT2D eigenvalue weighted by atomic mass is 9.40. The molecule has 3 aliphatic carbocycles. The van der Waals surface area contributed by atoms with Gasteiger partial charge in [0.25, 0.3) is 0 Å². The molecule has 4 rings (SSSR count). The van der Waals surface area contributed by atoms with Gasteiger partial charge in [0.15, 0.2) is 28.7 Å². The lowest BCUT2D eigenvalue weighted by molar-refractivity contribution is -0.205. The highest BCUT2D eigenvalue weighted by Gasteiger charge is 2.76. The summed E-state index contributed by atoms with van der Waals surface area (Å²) in [6.45, 7) is 12.0. The number of phenolic OH excluding ortho intramolecular Hbond substituents is 1. The van der Waals surface area contributed by atoms with Gasteiger partial charge in [-0.25, -0.2) is 0 Å². The van der Waals surface area contributed by atoms with Gasteiger partial charge in [-0.05, 0) is 60.6 Å². The number of hydrogen-bond donors (Lipinski definition) is 2. The van der Waals surface area contributed by atoms with Gasteiger partial charge in [0, 0.05) is 17.8 Å². The van der Waals surface area contributed by atoms with E-state index < -0.39 is 75.0 Å². The van der Waals surface area contributed by atoms with E-state index in [1.165, 1.54) is 13.0 Å². The highest BCUT2D eigenvalue weighted by Crippen LogP contribution is 2.63. The Kier molecular flexibility index (Phi) is 7.70. The van der Waals surface area contributed by atoms with Crippen molar-refractivity contribution in [1.29, 1.82) is 0 Å². The van der Waals surface area contributed by atoms with Crippen LogP contribution in [0.25, 0.3) is 0 Å². The molecule has 3 aliphatic rings. The fraction of sp³-hybridized carbons (Fsp3) is 0.625. The molecule has 0 saturated heterocycles. The van der Waals surface area contributed by atoms with E-state index in [1.807, 2.05) is 13.8 Å². The van der Waals surface area contributed by atoms with Crippen LogP contribution in [0.1, 0.15) is 82.8 Å². The highest BCUT2D eigenvalue weighted by atomic mass is 16.5. The van der Waals surface area contributed by atoms with Crippen molar-refractivity contribution in [3.05, 3.63) is 28.8 Å². The van der Waals surface area contributed by atoms with Crippen LogP contribution in [0.4, 0.5) is 0 Å². The summed E-state index contributed by atoms with van der Waals surface area (Å²) in [5, 5.41) is 22.8. The average Bonchev–Trinajstić information content (AvgIpc) is 2.84. The number of Topliss-reactive ketones (excluding diaryl/α,β-unsaturated/α-hetero) is 5. The lowest BCUT2D eigenvalue weighted by Gasteiger charge is -2.61. The minimum absolute atomic E-state index is 0.0193.